The number of hydrogen-bond acceptors (Lipinski definition) is 6. The molecule has 5 rings (SSSR count). The summed E-state index contributed by atoms with van der Waals surface area (Å²) in [5, 5.41) is 8.94. The summed E-state index contributed by atoms with van der Waals surface area (Å²) >= 11 is 0. The molecular formula is C26H21N5O3. The van der Waals surface area contributed by atoms with Gasteiger partial charge in [-0.1, -0.05) is 24.3 Å². The molecule has 0 spiro atoms. The molecule has 0 fully saturated rings. The Morgan fingerprint density at radius 1 is 1.00 bits per heavy atom. The summed E-state index contributed by atoms with van der Waals surface area (Å²) in [4.78, 5) is 33.8. The normalized spacial score (nSPS) is 12.0. The number of benzene rings is 3. The monoisotopic (exact) mass is 451 g/mol. The van der Waals surface area contributed by atoms with Crippen LogP contribution in [0, 0.1) is 0 Å². The Morgan fingerprint density at radius 3 is 2.65 bits per heavy atom. The highest BCUT2D eigenvalue weighted by atomic mass is 16.5. The fraction of sp³-hybridized carbons (Fsp3) is 0.0769. The molecule has 1 aromatic heterocycles. The second-order valence-corrected chi connectivity index (χ2v) is 7.73. The van der Waals surface area contributed by atoms with Crippen LogP contribution in [-0.4, -0.2) is 28.9 Å². The fourth-order valence-corrected chi connectivity index (χ4v) is 3.73. The van der Waals surface area contributed by atoms with Crippen molar-refractivity contribution in [1.29, 1.82) is 0 Å². The van der Waals surface area contributed by atoms with Gasteiger partial charge in [0, 0.05) is 40.3 Å². The van der Waals surface area contributed by atoms with Gasteiger partial charge in [0.25, 0.3) is 5.91 Å². The lowest BCUT2D eigenvalue weighted by Crippen LogP contribution is -2.12. The Hall–Kier alpha value is -4.72. The van der Waals surface area contributed by atoms with Crippen LogP contribution in [-0.2, 0) is 11.2 Å². The predicted molar refractivity (Wildman–Crippen MR) is 130 cm³/mol. The number of rotatable bonds is 5. The van der Waals surface area contributed by atoms with Gasteiger partial charge in [-0.15, -0.1) is 0 Å². The summed E-state index contributed by atoms with van der Waals surface area (Å²) in [7, 11) is 1.58. The quantitative estimate of drug-likeness (QED) is 0.408. The van der Waals surface area contributed by atoms with Gasteiger partial charge in [0.2, 0.25) is 11.9 Å². The molecular weight excluding hydrogens is 430 g/mol. The van der Waals surface area contributed by atoms with Crippen LogP contribution >= 0.6 is 0 Å². The van der Waals surface area contributed by atoms with E-state index in [9.17, 15) is 9.59 Å². The van der Waals surface area contributed by atoms with Crippen molar-refractivity contribution in [2.24, 2.45) is 0 Å². The average Bonchev–Trinajstić information content (AvgIpc) is 2.99. The van der Waals surface area contributed by atoms with Gasteiger partial charge in [-0.05, 0) is 42.5 Å². The van der Waals surface area contributed by atoms with Gasteiger partial charge in [-0.2, -0.15) is 0 Å². The minimum Gasteiger partial charge on any atom is -0.497 e. The molecule has 0 bridgehead atoms. The zero-order valence-corrected chi connectivity index (χ0v) is 18.3. The number of carbonyl (C=O) groups excluding carboxylic acids is 2. The van der Waals surface area contributed by atoms with Gasteiger partial charge in [-0.25, -0.2) is 9.97 Å². The van der Waals surface area contributed by atoms with Crippen LogP contribution in [0.1, 0.15) is 15.9 Å². The zero-order valence-electron chi connectivity index (χ0n) is 18.3. The minimum atomic E-state index is -0.227. The number of methoxy groups -OCH3 is 1. The van der Waals surface area contributed by atoms with Crippen molar-refractivity contribution in [3.63, 3.8) is 0 Å². The van der Waals surface area contributed by atoms with Gasteiger partial charge >= 0.3 is 0 Å². The maximum Gasteiger partial charge on any atom is 0.255 e. The first kappa shape index (κ1) is 21.1. The smallest absolute Gasteiger partial charge is 0.255 e. The highest BCUT2D eigenvalue weighted by Crippen LogP contribution is 2.32. The van der Waals surface area contributed by atoms with Gasteiger partial charge in [0.15, 0.2) is 0 Å². The molecule has 1 aliphatic rings. The van der Waals surface area contributed by atoms with E-state index in [1.807, 2.05) is 36.4 Å². The lowest BCUT2D eigenvalue weighted by molar-refractivity contribution is -0.115. The van der Waals surface area contributed by atoms with E-state index in [2.05, 4.69) is 25.9 Å². The maximum atomic E-state index is 12.6. The Bertz CT molecular complexity index is 1390. The number of hydrogen-bond donors (Lipinski definition) is 3. The molecule has 0 unspecified atom stereocenters. The average molecular weight is 451 g/mol. The third-order valence-corrected chi connectivity index (χ3v) is 5.40. The van der Waals surface area contributed by atoms with Crippen molar-refractivity contribution in [3.8, 4) is 17.0 Å². The third kappa shape index (κ3) is 4.42. The number of ether oxygens (including phenoxy) is 1. The van der Waals surface area contributed by atoms with E-state index in [0.717, 1.165) is 22.5 Å². The molecule has 2 amide bonds. The number of nitrogens with one attached hydrogen (secondary N) is 3. The highest BCUT2D eigenvalue weighted by molar-refractivity contribution is 6.04. The number of nitrogens with zero attached hydrogens (tertiary/aromatic N) is 2. The number of anilines is 4. The molecule has 0 radical (unpaired) electrons. The first-order valence-electron chi connectivity index (χ1n) is 10.7. The van der Waals surface area contributed by atoms with Gasteiger partial charge in [0.1, 0.15) is 5.75 Å². The van der Waals surface area contributed by atoms with E-state index in [4.69, 9.17) is 4.74 Å². The molecule has 3 aromatic carbocycles. The first-order valence-corrected chi connectivity index (χ1v) is 10.7. The number of para-hydroxylation sites is 1. The Kier molecular flexibility index (Phi) is 5.61. The topological polar surface area (TPSA) is 105 Å². The molecule has 3 N–H and O–H groups in total. The van der Waals surface area contributed by atoms with Crippen molar-refractivity contribution in [2.45, 2.75) is 6.42 Å². The first-order chi connectivity index (χ1) is 16.6. The number of carbonyl (C=O) groups is 2. The molecule has 0 saturated heterocycles. The SMILES string of the molecule is COc1cccc(NC(=O)c2ccc(Nc3ncc4c(n3)-c3ccccc3NC(=O)C4)cc2)c1. The van der Waals surface area contributed by atoms with E-state index >= 15 is 0 Å². The van der Waals surface area contributed by atoms with Crippen molar-refractivity contribution in [1.82, 2.24) is 9.97 Å². The van der Waals surface area contributed by atoms with Gasteiger partial charge in [0.05, 0.1) is 24.9 Å². The molecule has 2 heterocycles. The molecule has 1 aliphatic heterocycles. The van der Waals surface area contributed by atoms with Crippen LogP contribution in [0.5, 0.6) is 5.75 Å². The van der Waals surface area contributed by atoms with Gasteiger partial charge < -0.3 is 20.7 Å². The number of aromatic nitrogens is 2. The molecule has 0 aliphatic carbocycles. The third-order valence-electron chi connectivity index (χ3n) is 5.40. The minimum absolute atomic E-state index is 0.0988. The molecule has 8 nitrogen and oxygen atoms in total. The summed E-state index contributed by atoms with van der Waals surface area (Å²) in [5.41, 5.74) is 4.93. The predicted octanol–water partition coefficient (Wildman–Crippen LogP) is 4.64. The molecule has 168 valence electrons. The molecule has 34 heavy (non-hydrogen) atoms. The highest BCUT2D eigenvalue weighted by Gasteiger charge is 2.20. The Labute approximate surface area is 196 Å². The Balaban J connectivity index is 1.34. The van der Waals surface area contributed by atoms with Crippen molar-refractivity contribution in [2.75, 3.05) is 23.1 Å². The van der Waals surface area contributed by atoms with Crippen molar-refractivity contribution in [3.05, 3.63) is 90.1 Å². The molecule has 4 aromatic rings. The number of amides is 2. The maximum absolute atomic E-state index is 12.6. The number of fused-ring (bicyclic) bond motifs is 3. The zero-order chi connectivity index (χ0) is 23.5. The summed E-state index contributed by atoms with van der Waals surface area (Å²) in [5.74, 6) is 0.741. The van der Waals surface area contributed by atoms with Crippen LogP contribution in [0.15, 0.2) is 79.0 Å². The largest absolute Gasteiger partial charge is 0.497 e. The summed E-state index contributed by atoms with van der Waals surface area (Å²) in [6.45, 7) is 0. The molecule has 0 atom stereocenters. The van der Waals surface area contributed by atoms with E-state index in [0.29, 0.717) is 28.6 Å². The molecule has 0 saturated carbocycles. The fourth-order valence-electron chi connectivity index (χ4n) is 3.73. The summed E-state index contributed by atoms with van der Waals surface area (Å²) in [6, 6.07) is 21.7. The van der Waals surface area contributed by atoms with E-state index in [-0.39, 0.29) is 18.2 Å². The van der Waals surface area contributed by atoms with Crippen LogP contribution < -0.4 is 20.7 Å². The standard InChI is InChI=1S/C26H21N5O3/c1-34-20-6-4-5-19(14-20)28-25(33)16-9-11-18(12-10-16)29-26-27-15-17-13-23(32)30-22-8-3-2-7-21(22)24(17)31-26/h2-12,14-15H,13H2,1H3,(H,28,33)(H,30,32)(H,27,29,31). The van der Waals surface area contributed by atoms with Crippen LogP contribution in [0.4, 0.5) is 23.0 Å². The van der Waals surface area contributed by atoms with Crippen LogP contribution in [0.3, 0.4) is 0 Å². The van der Waals surface area contributed by atoms with Crippen LogP contribution in [0.2, 0.25) is 0 Å². The van der Waals surface area contributed by atoms with Crippen molar-refractivity contribution >= 4 is 34.8 Å². The van der Waals surface area contributed by atoms with E-state index in [1.54, 1.807) is 49.7 Å². The lowest BCUT2D eigenvalue weighted by atomic mass is 10.1. The summed E-state index contributed by atoms with van der Waals surface area (Å²) < 4.78 is 5.19. The van der Waals surface area contributed by atoms with Crippen LogP contribution in [0.25, 0.3) is 11.3 Å². The van der Waals surface area contributed by atoms with E-state index in [1.165, 1.54) is 0 Å². The van der Waals surface area contributed by atoms with Gasteiger partial charge in [-0.3, -0.25) is 9.59 Å². The van der Waals surface area contributed by atoms with Crippen molar-refractivity contribution < 1.29 is 14.3 Å². The Morgan fingerprint density at radius 2 is 1.82 bits per heavy atom. The summed E-state index contributed by atoms with van der Waals surface area (Å²) in [6.07, 6.45) is 1.88. The lowest BCUT2D eigenvalue weighted by Gasteiger charge is -2.11. The molecule has 8 heteroatoms. The second kappa shape index (κ2) is 9.03. The second-order valence-electron chi connectivity index (χ2n) is 7.73. The van der Waals surface area contributed by atoms with E-state index < -0.39 is 0 Å².